The van der Waals surface area contributed by atoms with Gasteiger partial charge in [0.2, 0.25) is 5.89 Å². The van der Waals surface area contributed by atoms with Gasteiger partial charge in [0.25, 0.3) is 5.91 Å². The molecule has 0 spiro atoms. The minimum absolute atomic E-state index is 0.00504. The molecule has 0 aliphatic carbocycles. The number of aryl methyl sites for hydroxylation is 1. The zero-order valence-corrected chi connectivity index (χ0v) is 14.9. The SMILES string of the molecule is Cc1cccc(OCC(=O)N2CCN(c3nnc(C(C)C)o3)CC2)c1. The molecule has 0 saturated carbocycles. The van der Waals surface area contributed by atoms with Gasteiger partial charge in [-0.25, -0.2) is 0 Å². The summed E-state index contributed by atoms with van der Waals surface area (Å²) in [6.45, 7) is 8.68. The quantitative estimate of drug-likeness (QED) is 0.828. The summed E-state index contributed by atoms with van der Waals surface area (Å²) in [7, 11) is 0. The minimum Gasteiger partial charge on any atom is -0.484 e. The first-order valence-corrected chi connectivity index (χ1v) is 8.58. The van der Waals surface area contributed by atoms with Crippen molar-refractivity contribution in [1.82, 2.24) is 15.1 Å². The van der Waals surface area contributed by atoms with Gasteiger partial charge < -0.3 is 19.0 Å². The maximum Gasteiger partial charge on any atom is 0.318 e. The predicted octanol–water partition coefficient (Wildman–Crippen LogP) is 2.23. The molecule has 3 rings (SSSR count). The molecule has 7 heteroatoms. The molecule has 0 radical (unpaired) electrons. The van der Waals surface area contributed by atoms with Crippen LogP contribution in [0.3, 0.4) is 0 Å². The molecule has 7 nitrogen and oxygen atoms in total. The van der Waals surface area contributed by atoms with Crippen LogP contribution in [-0.4, -0.2) is 53.8 Å². The Morgan fingerprint density at radius 2 is 2.00 bits per heavy atom. The normalized spacial score (nSPS) is 14.9. The predicted molar refractivity (Wildman–Crippen MR) is 93.9 cm³/mol. The summed E-state index contributed by atoms with van der Waals surface area (Å²) in [5.41, 5.74) is 1.11. The Morgan fingerprint density at radius 3 is 2.64 bits per heavy atom. The number of nitrogens with zero attached hydrogens (tertiary/aromatic N) is 4. The number of aromatic nitrogens is 2. The number of hydrogen-bond acceptors (Lipinski definition) is 6. The third kappa shape index (κ3) is 4.29. The van der Waals surface area contributed by atoms with E-state index in [1.54, 1.807) is 0 Å². The number of ether oxygens (including phenoxy) is 1. The number of amides is 1. The van der Waals surface area contributed by atoms with E-state index in [9.17, 15) is 4.79 Å². The Kier molecular flexibility index (Phi) is 5.21. The monoisotopic (exact) mass is 344 g/mol. The van der Waals surface area contributed by atoms with Gasteiger partial charge in [0.05, 0.1) is 0 Å². The van der Waals surface area contributed by atoms with Crippen LogP contribution < -0.4 is 9.64 Å². The summed E-state index contributed by atoms with van der Waals surface area (Å²) >= 11 is 0. The summed E-state index contributed by atoms with van der Waals surface area (Å²) in [6.07, 6.45) is 0. The van der Waals surface area contributed by atoms with Gasteiger partial charge in [-0.1, -0.05) is 31.1 Å². The Labute approximate surface area is 147 Å². The summed E-state index contributed by atoms with van der Waals surface area (Å²) in [6, 6.07) is 8.24. The Morgan fingerprint density at radius 1 is 1.24 bits per heavy atom. The van der Waals surface area contributed by atoms with Gasteiger partial charge in [-0.15, -0.1) is 5.10 Å². The molecule has 25 heavy (non-hydrogen) atoms. The molecule has 0 N–H and O–H groups in total. The van der Waals surface area contributed by atoms with E-state index in [1.807, 2.05) is 54.8 Å². The first-order chi connectivity index (χ1) is 12.0. The first kappa shape index (κ1) is 17.3. The Bertz CT molecular complexity index is 721. The number of rotatable bonds is 5. The van der Waals surface area contributed by atoms with Crippen LogP contribution >= 0.6 is 0 Å². The van der Waals surface area contributed by atoms with Crippen LogP contribution in [0.25, 0.3) is 0 Å². The van der Waals surface area contributed by atoms with E-state index >= 15 is 0 Å². The van der Waals surface area contributed by atoms with Crippen molar-refractivity contribution in [2.75, 3.05) is 37.7 Å². The second-order valence-corrected chi connectivity index (χ2v) is 6.55. The van der Waals surface area contributed by atoms with Crippen molar-refractivity contribution in [2.24, 2.45) is 0 Å². The largest absolute Gasteiger partial charge is 0.484 e. The Hall–Kier alpha value is -2.57. The molecule has 0 unspecified atom stereocenters. The van der Waals surface area contributed by atoms with Crippen LogP contribution in [0.5, 0.6) is 5.75 Å². The molecular weight excluding hydrogens is 320 g/mol. The highest BCUT2D eigenvalue weighted by Gasteiger charge is 2.24. The number of benzene rings is 1. The highest BCUT2D eigenvalue weighted by molar-refractivity contribution is 5.78. The van der Waals surface area contributed by atoms with Crippen LogP contribution in [0.4, 0.5) is 6.01 Å². The van der Waals surface area contributed by atoms with E-state index in [0.717, 1.165) is 11.3 Å². The smallest absolute Gasteiger partial charge is 0.318 e. The first-order valence-electron chi connectivity index (χ1n) is 8.58. The highest BCUT2D eigenvalue weighted by Crippen LogP contribution is 2.19. The molecule has 1 aromatic carbocycles. The molecule has 0 atom stereocenters. The number of anilines is 1. The Balaban J connectivity index is 1.48. The van der Waals surface area contributed by atoms with E-state index in [-0.39, 0.29) is 18.4 Å². The van der Waals surface area contributed by atoms with Crippen LogP contribution in [0.2, 0.25) is 0 Å². The lowest BCUT2D eigenvalue weighted by molar-refractivity contribution is -0.133. The molecule has 1 aromatic heterocycles. The minimum atomic E-state index is -0.00504. The lowest BCUT2D eigenvalue weighted by Gasteiger charge is -2.33. The fourth-order valence-electron chi connectivity index (χ4n) is 2.68. The van der Waals surface area contributed by atoms with E-state index < -0.39 is 0 Å². The summed E-state index contributed by atoms with van der Waals surface area (Å²) in [4.78, 5) is 16.2. The van der Waals surface area contributed by atoms with E-state index in [2.05, 4.69) is 10.2 Å². The lowest BCUT2D eigenvalue weighted by Crippen LogP contribution is -2.50. The fraction of sp³-hybridized carbons (Fsp3) is 0.500. The summed E-state index contributed by atoms with van der Waals surface area (Å²) in [5.74, 6) is 1.57. The zero-order valence-electron chi connectivity index (χ0n) is 14.9. The molecule has 1 saturated heterocycles. The van der Waals surface area contributed by atoms with Gasteiger partial charge in [-0.3, -0.25) is 4.79 Å². The molecular formula is C18H24N4O3. The van der Waals surface area contributed by atoms with Gasteiger partial charge in [0, 0.05) is 32.1 Å². The molecule has 1 amide bonds. The fourth-order valence-corrected chi connectivity index (χ4v) is 2.68. The topological polar surface area (TPSA) is 71.7 Å². The molecule has 2 heterocycles. The number of carbonyl (C=O) groups is 1. The standard InChI is InChI=1S/C18H24N4O3/c1-13(2)17-19-20-18(25-17)22-9-7-21(8-10-22)16(23)12-24-15-6-4-5-14(3)11-15/h4-6,11,13H,7-10,12H2,1-3H3. The van der Waals surface area contributed by atoms with Crippen molar-refractivity contribution in [3.05, 3.63) is 35.7 Å². The highest BCUT2D eigenvalue weighted by atomic mass is 16.5. The average molecular weight is 344 g/mol. The van der Waals surface area contributed by atoms with Crippen LogP contribution in [0, 0.1) is 6.92 Å². The van der Waals surface area contributed by atoms with Crippen molar-refractivity contribution < 1.29 is 13.9 Å². The van der Waals surface area contributed by atoms with Crippen molar-refractivity contribution in [3.8, 4) is 5.75 Å². The maximum atomic E-state index is 12.3. The van der Waals surface area contributed by atoms with Gasteiger partial charge in [0.1, 0.15) is 5.75 Å². The number of hydrogen-bond donors (Lipinski definition) is 0. The summed E-state index contributed by atoms with van der Waals surface area (Å²) in [5, 5.41) is 8.15. The van der Waals surface area contributed by atoms with Crippen LogP contribution in [0.15, 0.2) is 28.7 Å². The van der Waals surface area contributed by atoms with Crippen molar-refractivity contribution in [3.63, 3.8) is 0 Å². The average Bonchev–Trinajstić information content (AvgIpc) is 3.10. The zero-order chi connectivity index (χ0) is 17.8. The van der Waals surface area contributed by atoms with E-state index in [1.165, 1.54) is 0 Å². The molecule has 1 aliphatic rings. The molecule has 0 bridgehead atoms. The number of piperazine rings is 1. The van der Waals surface area contributed by atoms with Gasteiger partial charge >= 0.3 is 6.01 Å². The molecule has 134 valence electrons. The van der Waals surface area contributed by atoms with Gasteiger partial charge in [-0.05, 0) is 24.6 Å². The van der Waals surface area contributed by atoms with Crippen molar-refractivity contribution >= 4 is 11.9 Å². The molecule has 2 aromatic rings. The maximum absolute atomic E-state index is 12.3. The number of carbonyl (C=O) groups excluding carboxylic acids is 1. The van der Waals surface area contributed by atoms with Crippen molar-refractivity contribution in [2.45, 2.75) is 26.7 Å². The molecule has 1 aliphatic heterocycles. The lowest BCUT2D eigenvalue weighted by atomic mass is 10.2. The second-order valence-electron chi connectivity index (χ2n) is 6.55. The van der Waals surface area contributed by atoms with Crippen molar-refractivity contribution in [1.29, 1.82) is 0 Å². The van der Waals surface area contributed by atoms with Gasteiger partial charge in [0.15, 0.2) is 6.61 Å². The third-order valence-corrected chi connectivity index (χ3v) is 4.18. The summed E-state index contributed by atoms with van der Waals surface area (Å²) < 4.78 is 11.3. The van der Waals surface area contributed by atoms with E-state index in [0.29, 0.717) is 38.1 Å². The van der Waals surface area contributed by atoms with Crippen LogP contribution in [-0.2, 0) is 4.79 Å². The van der Waals surface area contributed by atoms with Crippen LogP contribution in [0.1, 0.15) is 31.2 Å². The third-order valence-electron chi connectivity index (χ3n) is 4.18. The van der Waals surface area contributed by atoms with E-state index in [4.69, 9.17) is 9.15 Å². The van der Waals surface area contributed by atoms with Gasteiger partial charge in [-0.2, -0.15) is 0 Å². The second kappa shape index (κ2) is 7.55. The molecule has 1 fully saturated rings.